The highest BCUT2D eigenvalue weighted by Gasteiger charge is 2.32. The molecule has 3 aromatic rings. The van der Waals surface area contributed by atoms with Crippen LogP contribution >= 0.6 is 11.8 Å². The summed E-state index contributed by atoms with van der Waals surface area (Å²) in [5.41, 5.74) is 3.31. The fraction of sp³-hybridized carbons (Fsp3) is 0.200. The number of carbonyl (C=O) groups is 2. The number of hydrogen-bond donors (Lipinski definition) is 1. The lowest BCUT2D eigenvalue weighted by Crippen LogP contribution is -2.27. The van der Waals surface area contributed by atoms with Crippen LogP contribution in [0, 0.1) is 0 Å². The lowest BCUT2D eigenvalue weighted by Gasteiger charge is -2.24. The second-order valence-corrected chi connectivity index (χ2v) is 8.24. The van der Waals surface area contributed by atoms with Gasteiger partial charge in [-0.3, -0.25) is 9.59 Å². The van der Waals surface area contributed by atoms with Crippen molar-refractivity contribution < 1.29 is 14.3 Å². The SMILES string of the molecule is CCOc1ccccc1NC(=O)c1ccc(C2SCC(=O)N2Cc2ccccc2)cc1. The largest absolute Gasteiger partial charge is 0.492 e. The molecule has 1 fully saturated rings. The van der Waals surface area contributed by atoms with Gasteiger partial charge in [0, 0.05) is 12.1 Å². The molecule has 1 unspecified atom stereocenters. The Balaban J connectivity index is 1.47. The quantitative estimate of drug-likeness (QED) is 0.564. The third-order valence-corrected chi connectivity index (χ3v) is 6.31. The number of carbonyl (C=O) groups excluding carboxylic acids is 2. The summed E-state index contributed by atoms with van der Waals surface area (Å²) in [6.07, 6.45) is 0. The van der Waals surface area contributed by atoms with Crippen LogP contribution in [0.4, 0.5) is 5.69 Å². The average Bonchev–Trinajstić information content (AvgIpc) is 3.16. The third-order valence-electron chi connectivity index (χ3n) is 5.06. The minimum absolute atomic E-state index is 0.0523. The molecule has 1 heterocycles. The van der Waals surface area contributed by atoms with Crippen molar-refractivity contribution in [3.8, 4) is 5.75 Å². The van der Waals surface area contributed by atoms with Gasteiger partial charge in [0.15, 0.2) is 0 Å². The van der Waals surface area contributed by atoms with Gasteiger partial charge >= 0.3 is 0 Å². The zero-order valence-corrected chi connectivity index (χ0v) is 18.1. The molecule has 1 aliphatic rings. The normalized spacial score (nSPS) is 15.7. The van der Waals surface area contributed by atoms with Gasteiger partial charge in [0.05, 0.1) is 18.0 Å². The maximum Gasteiger partial charge on any atom is 0.255 e. The summed E-state index contributed by atoms with van der Waals surface area (Å²) in [6.45, 7) is 3.01. The molecule has 1 N–H and O–H groups in total. The maximum atomic E-state index is 12.7. The molecule has 1 aliphatic heterocycles. The van der Waals surface area contributed by atoms with Crippen molar-refractivity contribution in [1.29, 1.82) is 0 Å². The first-order chi connectivity index (χ1) is 15.2. The first kappa shape index (κ1) is 21.0. The van der Waals surface area contributed by atoms with E-state index < -0.39 is 0 Å². The Labute approximate surface area is 186 Å². The van der Waals surface area contributed by atoms with Gasteiger partial charge in [-0.05, 0) is 42.3 Å². The van der Waals surface area contributed by atoms with Crippen molar-refractivity contribution in [2.75, 3.05) is 17.7 Å². The number of ether oxygens (including phenoxy) is 1. The number of anilines is 1. The predicted molar refractivity (Wildman–Crippen MR) is 124 cm³/mol. The molecular weight excluding hydrogens is 408 g/mol. The predicted octanol–water partition coefficient (Wildman–Crippen LogP) is 5.11. The van der Waals surface area contributed by atoms with Crippen molar-refractivity contribution in [3.05, 3.63) is 95.6 Å². The maximum absolute atomic E-state index is 12.7. The van der Waals surface area contributed by atoms with Crippen LogP contribution in [0.25, 0.3) is 0 Å². The van der Waals surface area contributed by atoms with Crippen LogP contribution in [0.2, 0.25) is 0 Å². The fourth-order valence-electron chi connectivity index (χ4n) is 3.53. The van der Waals surface area contributed by atoms with E-state index >= 15 is 0 Å². The molecule has 0 aromatic heterocycles. The Kier molecular flexibility index (Phi) is 6.57. The molecule has 0 aliphatic carbocycles. The third kappa shape index (κ3) is 4.91. The summed E-state index contributed by atoms with van der Waals surface area (Å²) >= 11 is 1.61. The Hall–Kier alpha value is -3.25. The van der Waals surface area contributed by atoms with E-state index in [4.69, 9.17) is 4.74 Å². The van der Waals surface area contributed by atoms with E-state index in [2.05, 4.69) is 5.32 Å². The summed E-state index contributed by atoms with van der Waals surface area (Å²) in [5.74, 6) is 1.05. The van der Waals surface area contributed by atoms with Crippen LogP contribution in [-0.2, 0) is 11.3 Å². The standard InChI is InChI=1S/C25H24N2O3S/c1-2-30-22-11-7-6-10-21(22)26-24(29)19-12-14-20(15-13-19)25-27(23(28)17-31-25)16-18-8-4-3-5-9-18/h3-15,25H,2,16-17H2,1H3,(H,26,29). The van der Waals surface area contributed by atoms with Gasteiger partial charge in [-0.1, -0.05) is 54.6 Å². The number of nitrogens with one attached hydrogen (secondary N) is 1. The van der Waals surface area contributed by atoms with Crippen molar-refractivity contribution in [2.45, 2.75) is 18.8 Å². The van der Waals surface area contributed by atoms with Crippen LogP contribution in [-0.4, -0.2) is 29.1 Å². The van der Waals surface area contributed by atoms with E-state index in [1.165, 1.54) is 0 Å². The first-order valence-corrected chi connectivity index (χ1v) is 11.3. The van der Waals surface area contributed by atoms with Gasteiger partial charge in [-0.15, -0.1) is 11.8 Å². The van der Waals surface area contributed by atoms with E-state index in [1.807, 2.05) is 78.6 Å². The van der Waals surface area contributed by atoms with E-state index in [-0.39, 0.29) is 17.2 Å². The van der Waals surface area contributed by atoms with Crippen LogP contribution in [0.1, 0.15) is 33.8 Å². The van der Waals surface area contributed by atoms with E-state index in [1.54, 1.807) is 23.9 Å². The minimum Gasteiger partial charge on any atom is -0.492 e. The van der Waals surface area contributed by atoms with E-state index in [0.717, 1.165) is 11.1 Å². The summed E-state index contributed by atoms with van der Waals surface area (Å²) in [7, 11) is 0. The van der Waals surface area contributed by atoms with Crippen molar-refractivity contribution in [2.24, 2.45) is 0 Å². The molecule has 158 valence electrons. The molecule has 1 saturated heterocycles. The molecule has 3 aromatic carbocycles. The highest BCUT2D eigenvalue weighted by atomic mass is 32.2. The smallest absolute Gasteiger partial charge is 0.255 e. The number of nitrogens with zero attached hydrogens (tertiary/aromatic N) is 1. The van der Waals surface area contributed by atoms with E-state index in [0.29, 0.717) is 35.9 Å². The minimum atomic E-state index is -0.199. The molecule has 0 saturated carbocycles. The summed E-state index contributed by atoms with van der Waals surface area (Å²) in [4.78, 5) is 27.1. The first-order valence-electron chi connectivity index (χ1n) is 10.2. The highest BCUT2D eigenvalue weighted by Crippen LogP contribution is 2.39. The highest BCUT2D eigenvalue weighted by molar-refractivity contribution is 8.00. The summed E-state index contributed by atoms with van der Waals surface area (Å²) in [5, 5.41) is 2.86. The molecule has 4 rings (SSSR count). The van der Waals surface area contributed by atoms with Crippen molar-refractivity contribution in [3.63, 3.8) is 0 Å². The van der Waals surface area contributed by atoms with Crippen LogP contribution in [0.3, 0.4) is 0 Å². The number of para-hydroxylation sites is 2. The Bertz CT molecular complexity index is 1050. The lowest BCUT2D eigenvalue weighted by atomic mass is 10.1. The topological polar surface area (TPSA) is 58.6 Å². The number of amides is 2. The zero-order chi connectivity index (χ0) is 21.6. The van der Waals surface area contributed by atoms with Gasteiger partial charge in [-0.2, -0.15) is 0 Å². The second-order valence-electron chi connectivity index (χ2n) is 7.18. The molecule has 1 atom stereocenters. The number of thioether (sulfide) groups is 1. The van der Waals surface area contributed by atoms with Crippen molar-refractivity contribution in [1.82, 2.24) is 4.90 Å². The Morgan fingerprint density at radius 1 is 1.03 bits per heavy atom. The molecule has 0 radical (unpaired) electrons. The molecule has 31 heavy (non-hydrogen) atoms. The summed E-state index contributed by atoms with van der Waals surface area (Å²) in [6, 6.07) is 24.8. The van der Waals surface area contributed by atoms with Gasteiger partial charge in [-0.25, -0.2) is 0 Å². The monoisotopic (exact) mass is 432 g/mol. The molecular formula is C25H24N2O3S. The lowest BCUT2D eigenvalue weighted by molar-refractivity contribution is -0.128. The zero-order valence-electron chi connectivity index (χ0n) is 17.3. The molecule has 2 amide bonds. The molecule has 0 bridgehead atoms. The van der Waals surface area contributed by atoms with Crippen LogP contribution in [0.15, 0.2) is 78.9 Å². The van der Waals surface area contributed by atoms with Crippen molar-refractivity contribution >= 4 is 29.3 Å². The number of benzene rings is 3. The van der Waals surface area contributed by atoms with Crippen LogP contribution < -0.4 is 10.1 Å². The fourth-order valence-corrected chi connectivity index (χ4v) is 4.71. The second kappa shape index (κ2) is 9.71. The summed E-state index contributed by atoms with van der Waals surface area (Å²) < 4.78 is 5.58. The van der Waals surface area contributed by atoms with Crippen LogP contribution in [0.5, 0.6) is 5.75 Å². The molecule has 5 nitrogen and oxygen atoms in total. The number of rotatable bonds is 7. The van der Waals surface area contributed by atoms with Gasteiger partial charge < -0.3 is 15.0 Å². The molecule has 6 heteroatoms. The Morgan fingerprint density at radius 3 is 2.48 bits per heavy atom. The number of hydrogen-bond acceptors (Lipinski definition) is 4. The Morgan fingerprint density at radius 2 is 1.74 bits per heavy atom. The average molecular weight is 433 g/mol. The van der Waals surface area contributed by atoms with Gasteiger partial charge in [0.1, 0.15) is 11.1 Å². The molecule has 0 spiro atoms. The van der Waals surface area contributed by atoms with Gasteiger partial charge in [0.2, 0.25) is 5.91 Å². The van der Waals surface area contributed by atoms with Gasteiger partial charge in [0.25, 0.3) is 5.91 Å². The van der Waals surface area contributed by atoms with E-state index in [9.17, 15) is 9.59 Å².